The van der Waals surface area contributed by atoms with E-state index in [9.17, 15) is 4.79 Å². The normalized spacial score (nSPS) is 11.4. The number of aromatic nitrogens is 1. The number of hydrogen-bond donors (Lipinski definition) is 0. The Bertz CT molecular complexity index is 528. The molecule has 2 nitrogen and oxygen atoms in total. The molecule has 0 bridgehead atoms. The van der Waals surface area contributed by atoms with E-state index in [0.29, 0.717) is 5.56 Å². The van der Waals surface area contributed by atoms with E-state index >= 15 is 0 Å². The van der Waals surface area contributed by atoms with E-state index in [4.69, 9.17) is 0 Å². The fourth-order valence-electron chi connectivity index (χ4n) is 1.62. The van der Waals surface area contributed by atoms with Crippen LogP contribution in [0.2, 0.25) is 0 Å². The number of Topliss-reactive ketones (excluding diaryl/α,β-unsaturated/α-hetero) is 1. The molecule has 94 valence electrons. The van der Waals surface area contributed by atoms with Crippen molar-refractivity contribution in [3.8, 4) is 0 Å². The first-order valence-corrected chi connectivity index (χ1v) is 6.25. The molecule has 1 aromatic heterocycles. The van der Waals surface area contributed by atoms with Crippen molar-refractivity contribution >= 4 is 38.7 Å². The van der Waals surface area contributed by atoms with Gasteiger partial charge in [-0.3, -0.25) is 9.78 Å². The van der Waals surface area contributed by atoms with Gasteiger partial charge in [-0.05, 0) is 18.1 Å². The van der Waals surface area contributed by atoms with Crippen LogP contribution in [-0.4, -0.2) is 10.8 Å². The second kappa shape index (κ2) is 6.81. The molecule has 2 aromatic rings. The zero-order valence-corrected chi connectivity index (χ0v) is 13.1. The molecule has 0 aliphatic rings. The Hall–Kier alpha value is -1.00. The maximum absolute atomic E-state index is 12.2. The molecule has 1 heterocycles. The third-order valence-corrected chi connectivity index (χ3v) is 3.42. The van der Waals surface area contributed by atoms with Crippen LogP contribution < -0.4 is 0 Å². The van der Waals surface area contributed by atoms with Crippen molar-refractivity contribution in [2.45, 2.75) is 11.8 Å². The van der Waals surface area contributed by atoms with Crippen LogP contribution in [0, 0.1) is 6.92 Å². The van der Waals surface area contributed by atoms with Crippen LogP contribution in [0.15, 0.2) is 48.8 Å². The molecule has 0 saturated carbocycles. The van der Waals surface area contributed by atoms with Gasteiger partial charge >= 0.3 is 0 Å². The molecule has 1 aromatic carbocycles. The average Bonchev–Trinajstić information content (AvgIpc) is 2.38. The van der Waals surface area contributed by atoms with Crippen molar-refractivity contribution < 1.29 is 4.79 Å². The maximum atomic E-state index is 12.2. The zero-order valence-electron chi connectivity index (χ0n) is 9.84. The van der Waals surface area contributed by atoms with Crippen molar-refractivity contribution in [3.05, 3.63) is 65.5 Å². The smallest absolute Gasteiger partial charge is 0.180 e. The standard InChI is InChI=1S/C14H12BrNO.BrH/c1-10-7-12(9-16-8-10)13(15)14(17)11-5-3-2-4-6-11;/h2-9,13H,1H3;1H. The molecule has 0 radical (unpaired) electrons. The summed E-state index contributed by atoms with van der Waals surface area (Å²) in [5.74, 6) is 0.0537. The first-order valence-electron chi connectivity index (χ1n) is 5.33. The SMILES string of the molecule is Br.Cc1cncc(C(Br)C(=O)c2ccccc2)c1. The highest BCUT2D eigenvalue weighted by molar-refractivity contribution is 9.09. The Labute approximate surface area is 125 Å². The van der Waals surface area contributed by atoms with Gasteiger partial charge < -0.3 is 0 Å². The van der Waals surface area contributed by atoms with Crippen LogP contribution >= 0.6 is 32.9 Å². The quantitative estimate of drug-likeness (QED) is 0.596. The lowest BCUT2D eigenvalue weighted by Crippen LogP contribution is -2.07. The molecule has 0 aliphatic heterocycles. The second-order valence-electron chi connectivity index (χ2n) is 3.89. The Morgan fingerprint density at radius 2 is 1.89 bits per heavy atom. The molecular weight excluding hydrogens is 358 g/mol. The van der Waals surface area contributed by atoms with E-state index in [-0.39, 0.29) is 27.6 Å². The lowest BCUT2D eigenvalue weighted by Gasteiger charge is -2.09. The van der Waals surface area contributed by atoms with E-state index in [1.165, 1.54) is 0 Å². The highest BCUT2D eigenvalue weighted by Crippen LogP contribution is 2.26. The first-order chi connectivity index (χ1) is 8.18. The predicted molar refractivity (Wildman–Crippen MR) is 81.7 cm³/mol. The first kappa shape index (κ1) is 15.1. The van der Waals surface area contributed by atoms with Crippen molar-refractivity contribution in [3.63, 3.8) is 0 Å². The summed E-state index contributed by atoms with van der Waals surface area (Å²) in [6.45, 7) is 1.96. The Kier molecular flexibility index (Phi) is 5.69. The number of carbonyl (C=O) groups excluding carboxylic acids is 1. The molecule has 0 N–H and O–H groups in total. The zero-order chi connectivity index (χ0) is 12.3. The molecule has 0 spiro atoms. The van der Waals surface area contributed by atoms with E-state index in [2.05, 4.69) is 20.9 Å². The minimum Gasteiger partial charge on any atom is -0.293 e. The van der Waals surface area contributed by atoms with Crippen LogP contribution in [-0.2, 0) is 0 Å². The number of benzene rings is 1. The van der Waals surface area contributed by atoms with Crippen molar-refractivity contribution in [2.75, 3.05) is 0 Å². The molecule has 4 heteroatoms. The van der Waals surface area contributed by atoms with E-state index in [1.807, 2.05) is 43.3 Å². The van der Waals surface area contributed by atoms with Crippen LogP contribution in [0.1, 0.15) is 26.3 Å². The molecule has 18 heavy (non-hydrogen) atoms. The summed E-state index contributed by atoms with van der Waals surface area (Å²) in [5, 5.41) is 0. The minimum atomic E-state index is -0.336. The summed E-state index contributed by atoms with van der Waals surface area (Å²) in [6.07, 6.45) is 3.49. The number of ketones is 1. The number of nitrogens with zero attached hydrogens (tertiary/aromatic N) is 1. The topological polar surface area (TPSA) is 30.0 Å². The maximum Gasteiger partial charge on any atom is 0.180 e. The summed E-state index contributed by atoms with van der Waals surface area (Å²) >= 11 is 3.43. The van der Waals surface area contributed by atoms with Gasteiger partial charge in [-0.2, -0.15) is 0 Å². The number of alkyl halides is 1. The van der Waals surface area contributed by atoms with Gasteiger partial charge in [-0.25, -0.2) is 0 Å². The lowest BCUT2D eigenvalue weighted by atomic mass is 10.0. The summed E-state index contributed by atoms with van der Waals surface area (Å²) in [7, 11) is 0. The fourth-order valence-corrected chi connectivity index (χ4v) is 2.13. The minimum absolute atomic E-state index is 0. The molecule has 1 unspecified atom stereocenters. The van der Waals surface area contributed by atoms with E-state index < -0.39 is 0 Å². The fraction of sp³-hybridized carbons (Fsp3) is 0.143. The number of rotatable bonds is 3. The predicted octanol–water partition coefficient (Wildman–Crippen LogP) is 4.29. The lowest BCUT2D eigenvalue weighted by molar-refractivity contribution is 0.0991. The number of hydrogen-bond acceptors (Lipinski definition) is 2. The van der Waals surface area contributed by atoms with Gasteiger partial charge in [0.25, 0.3) is 0 Å². The van der Waals surface area contributed by atoms with Crippen LogP contribution in [0.5, 0.6) is 0 Å². The highest BCUT2D eigenvalue weighted by Gasteiger charge is 2.18. The molecule has 1 atom stereocenters. The van der Waals surface area contributed by atoms with Gasteiger partial charge in [0.1, 0.15) is 4.83 Å². The Morgan fingerprint density at radius 3 is 2.50 bits per heavy atom. The van der Waals surface area contributed by atoms with Crippen molar-refractivity contribution in [2.24, 2.45) is 0 Å². The van der Waals surface area contributed by atoms with E-state index in [1.54, 1.807) is 12.4 Å². The summed E-state index contributed by atoms with van der Waals surface area (Å²) in [6, 6.07) is 11.2. The Morgan fingerprint density at radius 1 is 1.22 bits per heavy atom. The third-order valence-electron chi connectivity index (χ3n) is 2.48. The number of aryl methyl sites for hydroxylation is 1. The van der Waals surface area contributed by atoms with Gasteiger partial charge in [0.2, 0.25) is 0 Å². The van der Waals surface area contributed by atoms with Crippen molar-refractivity contribution in [1.29, 1.82) is 0 Å². The third kappa shape index (κ3) is 3.50. The average molecular weight is 371 g/mol. The second-order valence-corrected chi connectivity index (χ2v) is 4.80. The largest absolute Gasteiger partial charge is 0.293 e. The summed E-state index contributed by atoms with van der Waals surface area (Å²) in [5.41, 5.74) is 2.64. The highest BCUT2D eigenvalue weighted by atomic mass is 79.9. The molecule has 2 rings (SSSR count). The van der Waals surface area contributed by atoms with Gasteiger partial charge in [0, 0.05) is 18.0 Å². The number of carbonyl (C=O) groups is 1. The van der Waals surface area contributed by atoms with Gasteiger partial charge in [-0.15, -0.1) is 17.0 Å². The summed E-state index contributed by atoms with van der Waals surface area (Å²) in [4.78, 5) is 15.9. The van der Waals surface area contributed by atoms with Gasteiger partial charge in [0.05, 0.1) is 0 Å². The summed E-state index contributed by atoms with van der Waals surface area (Å²) < 4.78 is 0. The monoisotopic (exact) mass is 369 g/mol. The molecule has 0 amide bonds. The number of halogens is 2. The van der Waals surface area contributed by atoms with Gasteiger partial charge in [0.15, 0.2) is 5.78 Å². The molecule has 0 fully saturated rings. The van der Waals surface area contributed by atoms with Gasteiger partial charge in [-0.1, -0.05) is 52.3 Å². The Balaban J connectivity index is 0.00000162. The molecule has 0 aliphatic carbocycles. The van der Waals surface area contributed by atoms with Crippen LogP contribution in [0.3, 0.4) is 0 Å². The van der Waals surface area contributed by atoms with Crippen molar-refractivity contribution in [1.82, 2.24) is 4.98 Å². The van der Waals surface area contributed by atoms with Crippen LogP contribution in [0.25, 0.3) is 0 Å². The van der Waals surface area contributed by atoms with Crippen LogP contribution in [0.4, 0.5) is 0 Å². The number of pyridine rings is 1. The van der Waals surface area contributed by atoms with E-state index in [0.717, 1.165) is 11.1 Å². The molecule has 0 saturated heterocycles. The molecular formula is C14H13Br2NO.